The molecular formula is C9H18N2O3. The number of nitrogens with two attached hydrogens (primary N) is 1. The molecule has 0 rings (SSSR count). The van der Waals surface area contributed by atoms with Gasteiger partial charge in [0, 0.05) is 12.5 Å². The lowest BCUT2D eigenvalue weighted by Gasteiger charge is -2.21. The molecule has 0 aromatic rings. The van der Waals surface area contributed by atoms with E-state index in [0.29, 0.717) is 6.42 Å². The van der Waals surface area contributed by atoms with E-state index in [-0.39, 0.29) is 18.4 Å². The number of nitrogens with one attached hydrogen (secondary N) is 1. The molecule has 0 saturated heterocycles. The molecule has 0 aromatic carbocycles. The van der Waals surface area contributed by atoms with Gasteiger partial charge in [0.2, 0.25) is 5.91 Å². The summed E-state index contributed by atoms with van der Waals surface area (Å²) in [4.78, 5) is 21.9. The minimum Gasteiger partial charge on any atom is -0.480 e. The molecule has 0 saturated carbocycles. The van der Waals surface area contributed by atoms with Crippen molar-refractivity contribution in [3.63, 3.8) is 0 Å². The predicted octanol–water partition coefficient (Wildman–Crippen LogP) is 0.0932. The van der Waals surface area contributed by atoms with Crippen LogP contribution in [0.5, 0.6) is 0 Å². The fourth-order valence-corrected chi connectivity index (χ4v) is 0.836. The molecule has 0 aliphatic rings. The van der Waals surface area contributed by atoms with E-state index in [2.05, 4.69) is 5.32 Å². The molecule has 0 spiro atoms. The molecule has 4 N–H and O–H groups in total. The Morgan fingerprint density at radius 3 is 2.36 bits per heavy atom. The highest BCUT2D eigenvalue weighted by Crippen LogP contribution is 2.03. The number of amides is 1. The van der Waals surface area contributed by atoms with Crippen LogP contribution < -0.4 is 11.1 Å². The molecule has 1 unspecified atom stereocenters. The fourth-order valence-electron chi connectivity index (χ4n) is 0.836. The van der Waals surface area contributed by atoms with Crippen molar-refractivity contribution in [2.45, 2.75) is 45.2 Å². The second-order valence-corrected chi connectivity index (χ2v) is 3.85. The second-order valence-electron chi connectivity index (χ2n) is 3.85. The number of carboxylic acid groups (broad SMARTS) is 1. The van der Waals surface area contributed by atoms with Crippen LogP contribution in [0.25, 0.3) is 0 Å². The van der Waals surface area contributed by atoms with Crippen LogP contribution in [0.15, 0.2) is 0 Å². The van der Waals surface area contributed by atoms with Crippen molar-refractivity contribution < 1.29 is 14.7 Å². The normalized spacial score (nSPS) is 13.4. The highest BCUT2D eigenvalue weighted by Gasteiger charge is 2.28. The number of carboxylic acids is 1. The van der Waals surface area contributed by atoms with Crippen LogP contribution >= 0.6 is 0 Å². The topological polar surface area (TPSA) is 92.4 Å². The summed E-state index contributed by atoms with van der Waals surface area (Å²) in [5.74, 6) is -1.39. The van der Waals surface area contributed by atoms with Gasteiger partial charge in [-0.05, 0) is 20.3 Å². The molecule has 5 nitrogen and oxygen atoms in total. The van der Waals surface area contributed by atoms with Crippen LogP contribution in [-0.4, -0.2) is 28.6 Å². The van der Waals surface area contributed by atoms with E-state index in [9.17, 15) is 9.59 Å². The van der Waals surface area contributed by atoms with Crippen molar-refractivity contribution in [1.29, 1.82) is 0 Å². The zero-order valence-corrected chi connectivity index (χ0v) is 8.83. The Bertz CT molecular complexity index is 226. The van der Waals surface area contributed by atoms with Gasteiger partial charge >= 0.3 is 5.97 Å². The zero-order chi connectivity index (χ0) is 11.4. The van der Waals surface area contributed by atoms with E-state index in [1.165, 1.54) is 13.8 Å². The maximum Gasteiger partial charge on any atom is 0.328 e. The van der Waals surface area contributed by atoms with Gasteiger partial charge in [-0.2, -0.15) is 0 Å². The third kappa shape index (κ3) is 4.23. The highest BCUT2D eigenvalue weighted by atomic mass is 16.4. The second kappa shape index (κ2) is 4.95. The number of carbonyl (C=O) groups is 2. The van der Waals surface area contributed by atoms with Crippen LogP contribution in [0.1, 0.15) is 33.6 Å². The van der Waals surface area contributed by atoms with Crippen LogP contribution in [0.4, 0.5) is 0 Å². The average Bonchev–Trinajstić information content (AvgIpc) is 2.02. The molecular weight excluding hydrogens is 184 g/mol. The molecule has 0 bridgehead atoms. The van der Waals surface area contributed by atoms with Gasteiger partial charge in [-0.3, -0.25) is 4.79 Å². The van der Waals surface area contributed by atoms with Crippen molar-refractivity contribution in [1.82, 2.24) is 5.32 Å². The van der Waals surface area contributed by atoms with Gasteiger partial charge in [-0.1, -0.05) is 6.92 Å². The Kier molecular flexibility index (Phi) is 4.56. The molecule has 0 fully saturated rings. The smallest absolute Gasteiger partial charge is 0.328 e. The Morgan fingerprint density at radius 1 is 1.50 bits per heavy atom. The number of rotatable bonds is 5. The number of aliphatic carboxylic acids is 1. The molecule has 1 amide bonds. The molecule has 0 aliphatic heterocycles. The summed E-state index contributed by atoms with van der Waals surface area (Å²) in [7, 11) is 0. The van der Waals surface area contributed by atoms with Gasteiger partial charge < -0.3 is 16.2 Å². The predicted molar refractivity (Wildman–Crippen MR) is 52.7 cm³/mol. The Hall–Kier alpha value is -1.10. The van der Waals surface area contributed by atoms with E-state index in [0.717, 1.165) is 0 Å². The number of carbonyl (C=O) groups excluding carboxylic acids is 1. The zero-order valence-electron chi connectivity index (χ0n) is 8.83. The quantitative estimate of drug-likeness (QED) is 0.589. The van der Waals surface area contributed by atoms with Gasteiger partial charge in [-0.25, -0.2) is 4.79 Å². The number of hydrogen-bond donors (Lipinski definition) is 3. The van der Waals surface area contributed by atoms with Crippen molar-refractivity contribution in [2.24, 2.45) is 5.73 Å². The van der Waals surface area contributed by atoms with E-state index < -0.39 is 11.5 Å². The average molecular weight is 202 g/mol. The standard InChI is InChI=1S/C9H18N2O3/c1-4-6(10)5-7(12)11-9(2,3)8(13)14/h6H,4-5,10H2,1-3H3,(H,11,12)(H,13,14). The van der Waals surface area contributed by atoms with Gasteiger partial charge in [-0.15, -0.1) is 0 Å². The molecule has 0 aromatic heterocycles. The molecule has 1 atom stereocenters. The summed E-state index contributed by atoms with van der Waals surface area (Å²) in [6, 6.07) is -0.209. The van der Waals surface area contributed by atoms with E-state index in [4.69, 9.17) is 10.8 Å². The molecule has 0 heterocycles. The van der Waals surface area contributed by atoms with Crippen LogP contribution in [0, 0.1) is 0 Å². The van der Waals surface area contributed by atoms with Crippen molar-refractivity contribution in [3.8, 4) is 0 Å². The highest BCUT2D eigenvalue weighted by molar-refractivity contribution is 5.86. The van der Waals surface area contributed by atoms with Gasteiger partial charge in [0.1, 0.15) is 5.54 Å². The lowest BCUT2D eigenvalue weighted by molar-refractivity contribution is -0.146. The molecule has 14 heavy (non-hydrogen) atoms. The van der Waals surface area contributed by atoms with Crippen molar-refractivity contribution in [3.05, 3.63) is 0 Å². The first-order valence-electron chi connectivity index (χ1n) is 4.59. The first kappa shape index (κ1) is 12.9. The van der Waals surface area contributed by atoms with Crippen molar-refractivity contribution in [2.75, 3.05) is 0 Å². The van der Waals surface area contributed by atoms with E-state index >= 15 is 0 Å². The van der Waals surface area contributed by atoms with E-state index in [1.807, 2.05) is 6.92 Å². The largest absolute Gasteiger partial charge is 0.480 e. The SMILES string of the molecule is CCC(N)CC(=O)NC(C)(C)C(=O)O. The number of hydrogen-bond acceptors (Lipinski definition) is 3. The Balaban J connectivity index is 4.12. The lowest BCUT2D eigenvalue weighted by Crippen LogP contribution is -2.50. The minimum atomic E-state index is -1.23. The maximum atomic E-state index is 11.3. The van der Waals surface area contributed by atoms with Gasteiger partial charge in [0.15, 0.2) is 0 Å². The van der Waals surface area contributed by atoms with Gasteiger partial charge in [0.05, 0.1) is 0 Å². The van der Waals surface area contributed by atoms with Crippen molar-refractivity contribution >= 4 is 11.9 Å². The Morgan fingerprint density at radius 2 is 2.00 bits per heavy atom. The lowest BCUT2D eigenvalue weighted by atomic mass is 10.1. The van der Waals surface area contributed by atoms with Gasteiger partial charge in [0.25, 0.3) is 0 Å². The maximum absolute atomic E-state index is 11.3. The van der Waals surface area contributed by atoms with Crippen LogP contribution in [0.2, 0.25) is 0 Å². The Labute approximate surface area is 83.7 Å². The molecule has 5 heteroatoms. The minimum absolute atomic E-state index is 0.160. The third-order valence-corrected chi connectivity index (χ3v) is 1.96. The molecule has 82 valence electrons. The summed E-state index contributed by atoms with van der Waals surface area (Å²) in [6.45, 7) is 4.75. The summed E-state index contributed by atoms with van der Waals surface area (Å²) in [6.07, 6.45) is 0.855. The first-order chi connectivity index (χ1) is 6.29. The van der Waals surface area contributed by atoms with E-state index in [1.54, 1.807) is 0 Å². The van der Waals surface area contributed by atoms with Crippen LogP contribution in [0.3, 0.4) is 0 Å². The summed E-state index contributed by atoms with van der Waals surface area (Å²) in [5.41, 5.74) is 4.33. The summed E-state index contributed by atoms with van der Waals surface area (Å²) in [5, 5.41) is 11.1. The molecule has 0 radical (unpaired) electrons. The summed E-state index contributed by atoms with van der Waals surface area (Å²) >= 11 is 0. The monoisotopic (exact) mass is 202 g/mol. The molecule has 0 aliphatic carbocycles. The third-order valence-electron chi connectivity index (χ3n) is 1.96. The summed E-state index contributed by atoms with van der Waals surface area (Å²) < 4.78 is 0. The van der Waals surface area contributed by atoms with Crippen LogP contribution in [-0.2, 0) is 9.59 Å². The fraction of sp³-hybridized carbons (Fsp3) is 0.778. The first-order valence-corrected chi connectivity index (χ1v) is 4.59.